The summed E-state index contributed by atoms with van der Waals surface area (Å²) in [6.07, 6.45) is 0.473. The van der Waals surface area contributed by atoms with E-state index in [9.17, 15) is 8.42 Å². The third-order valence-corrected chi connectivity index (χ3v) is 5.67. The zero-order valence-electron chi connectivity index (χ0n) is 11.9. The van der Waals surface area contributed by atoms with Crippen LogP contribution in [-0.4, -0.2) is 31.1 Å². The molecule has 0 bridgehead atoms. The monoisotopic (exact) mass is 283 g/mol. The van der Waals surface area contributed by atoms with Gasteiger partial charge in [0.05, 0.1) is 17.0 Å². The van der Waals surface area contributed by atoms with Gasteiger partial charge in [0.1, 0.15) is 6.23 Å². The molecule has 2 rings (SSSR count). The Labute approximate surface area is 115 Å². The molecule has 5 heteroatoms. The highest BCUT2D eigenvalue weighted by molar-refractivity contribution is 7.89. The Hall–Kier alpha value is -0.910. The summed E-state index contributed by atoms with van der Waals surface area (Å²) in [4.78, 5) is 0.329. The van der Waals surface area contributed by atoms with E-state index in [1.807, 2.05) is 32.9 Å². The normalized spacial score (nSPS) is 23.7. The Kier molecular flexibility index (Phi) is 3.73. The number of ether oxygens (including phenoxy) is 1. The fraction of sp³-hybridized carbons (Fsp3) is 0.571. The number of rotatable bonds is 3. The molecule has 0 amide bonds. The van der Waals surface area contributed by atoms with Crippen LogP contribution in [0.4, 0.5) is 0 Å². The first-order valence-corrected chi connectivity index (χ1v) is 7.98. The average Bonchev–Trinajstić information content (AvgIpc) is 2.64. The van der Waals surface area contributed by atoms with E-state index in [1.54, 1.807) is 19.1 Å². The number of hydrogen-bond donors (Lipinski definition) is 0. The van der Waals surface area contributed by atoms with Gasteiger partial charge in [-0.25, -0.2) is 8.42 Å². The van der Waals surface area contributed by atoms with Crippen molar-refractivity contribution < 1.29 is 13.2 Å². The molecular weight excluding hydrogens is 262 g/mol. The molecule has 1 heterocycles. The van der Waals surface area contributed by atoms with E-state index >= 15 is 0 Å². The maximum Gasteiger partial charge on any atom is 0.245 e. The fourth-order valence-corrected chi connectivity index (χ4v) is 4.34. The molecule has 0 aliphatic carbocycles. The van der Waals surface area contributed by atoms with Crippen molar-refractivity contribution in [3.05, 3.63) is 29.8 Å². The molecule has 1 aromatic rings. The van der Waals surface area contributed by atoms with Crippen LogP contribution in [0.1, 0.15) is 33.3 Å². The molecule has 0 N–H and O–H groups in total. The van der Waals surface area contributed by atoms with Crippen LogP contribution in [0, 0.1) is 0 Å². The van der Waals surface area contributed by atoms with Crippen LogP contribution in [0.15, 0.2) is 29.2 Å². The third-order valence-electron chi connectivity index (χ3n) is 3.49. The van der Waals surface area contributed by atoms with Crippen LogP contribution in [0.5, 0.6) is 0 Å². The van der Waals surface area contributed by atoms with Crippen molar-refractivity contribution in [2.45, 2.75) is 50.8 Å². The number of nitrogens with zero attached hydrogens (tertiary/aromatic N) is 1. The van der Waals surface area contributed by atoms with Gasteiger partial charge in [0.2, 0.25) is 10.0 Å². The van der Waals surface area contributed by atoms with Crippen molar-refractivity contribution in [2.75, 3.05) is 6.61 Å². The molecule has 106 valence electrons. The van der Waals surface area contributed by atoms with E-state index in [1.165, 1.54) is 4.31 Å². The van der Waals surface area contributed by atoms with Gasteiger partial charge in [0.25, 0.3) is 0 Å². The molecule has 4 nitrogen and oxygen atoms in total. The lowest BCUT2D eigenvalue weighted by Gasteiger charge is -2.30. The highest BCUT2D eigenvalue weighted by Crippen LogP contribution is 2.33. The fourth-order valence-electron chi connectivity index (χ4n) is 2.48. The maximum atomic E-state index is 12.7. The summed E-state index contributed by atoms with van der Waals surface area (Å²) in [6.45, 7) is 8.00. The Morgan fingerprint density at radius 1 is 1.32 bits per heavy atom. The number of sulfonamides is 1. The minimum absolute atomic E-state index is 0.329. The predicted octanol–water partition coefficient (Wildman–Crippen LogP) is 2.39. The lowest BCUT2D eigenvalue weighted by atomic mass is 10.1. The quantitative estimate of drug-likeness (QED) is 0.855. The Morgan fingerprint density at radius 3 is 2.32 bits per heavy atom. The highest BCUT2D eigenvalue weighted by atomic mass is 32.2. The van der Waals surface area contributed by atoms with E-state index in [2.05, 4.69) is 0 Å². The molecule has 0 spiro atoms. The van der Waals surface area contributed by atoms with E-state index < -0.39 is 21.8 Å². The molecule has 0 radical (unpaired) electrons. The Bertz CT molecular complexity index is 549. The Morgan fingerprint density at radius 2 is 1.89 bits per heavy atom. The standard InChI is InChI=1S/C14H21NO3S/c1-5-12-6-8-13(9-7-12)19(16,17)15-11(2)18-10-14(15,3)4/h6-9,11H,5,10H2,1-4H3. The van der Waals surface area contributed by atoms with E-state index in [0.717, 1.165) is 12.0 Å². The smallest absolute Gasteiger partial charge is 0.245 e. The van der Waals surface area contributed by atoms with Gasteiger partial charge in [-0.2, -0.15) is 4.31 Å². The molecular formula is C14H21NO3S. The minimum Gasteiger partial charge on any atom is -0.360 e. The van der Waals surface area contributed by atoms with Crippen LogP contribution in [0.2, 0.25) is 0 Å². The third kappa shape index (κ3) is 2.55. The summed E-state index contributed by atoms with van der Waals surface area (Å²) >= 11 is 0. The van der Waals surface area contributed by atoms with E-state index in [-0.39, 0.29) is 0 Å². The molecule has 1 aliphatic heterocycles. The van der Waals surface area contributed by atoms with Gasteiger partial charge >= 0.3 is 0 Å². The predicted molar refractivity (Wildman–Crippen MR) is 74.3 cm³/mol. The van der Waals surface area contributed by atoms with Crippen molar-refractivity contribution in [2.24, 2.45) is 0 Å². The van der Waals surface area contributed by atoms with Gasteiger partial charge in [-0.3, -0.25) is 0 Å². The summed E-state index contributed by atoms with van der Waals surface area (Å²) in [5, 5.41) is 0. The molecule has 1 aliphatic rings. The van der Waals surface area contributed by atoms with Gasteiger partial charge in [-0.15, -0.1) is 0 Å². The summed E-state index contributed by atoms with van der Waals surface area (Å²) in [5.41, 5.74) is 0.616. The molecule has 1 fully saturated rings. The number of hydrogen-bond acceptors (Lipinski definition) is 3. The summed E-state index contributed by atoms with van der Waals surface area (Å²) in [7, 11) is -3.51. The second-order valence-electron chi connectivity index (χ2n) is 5.52. The van der Waals surface area contributed by atoms with Gasteiger partial charge in [-0.1, -0.05) is 19.1 Å². The molecule has 1 atom stereocenters. The summed E-state index contributed by atoms with van der Waals surface area (Å²) in [6, 6.07) is 7.08. The molecule has 19 heavy (non-hydrogen) atoms. The van der Waals surface area contributed by atoms with E-state index in [0.29, 0.717) is 11.5 Å². The van der Waals surface area contributed by atoms with Crippen LogP contribution in [0.3, 0.4) is 0 Å². The van der Waals surface area contributed by atoms with Gasteiger partial charge < -0.3 is 4.74 Å². The largest absolute Gasteiger partial charge is 0.360 e. The van der Waals surface area contributed by atoms with Gasteiger partial charge in [0, 0.05) is 0 Å². The molecule has 1 aromatic carbocycles. The van der Waals surface area contributed by atoms with Crippen molar-refractivity contribution in [3.63, 3.8) is 0 Å². The molecule has 0 saturated carbocycles. The lowest BCUT2D eigenvalue weighted by molar-refractivity contribution is 0.0843. The van der Waals surface area contributed by atoms with Crippen molar-refractivity contribution in [1.29, 1.82) is 0 Å². The number of benzene rings is 1. The second kappa shape index (κ2) is 4.89. The van der Waals surface area contributed by atoms with Crippen molar-refractivity contribution in [3.8, 4) is 0 Å². The van der Waals surface area contributed by atoms with Crippen LogP contribution in [-0.2, 0) is 21.2 Å². The van der Waals surface area contributed by atoms with Gasteiger partial charge in [0.15, 0.2) is 0 Å². The zero-order chi connectivity index (χ0) is 14.3. The first kappa shape index (κ1) is 14.5. The van der Waals surface area contributed by atoms with E-state index in [4.69, 9.17) is 4.74 Å². The molecule has 1 unspecified atom stereocenters. The van der Waals surface area contributed by atoms with Crippen LogP contribution in [0.25, 0.3) is 0 Å². The summed E-state index contributed by atoms with van der Waals surface area (Å²) in [5.74, 6) is 0. The second-order valence-corrected chi connectivity index (χ2v) is 7.34. The first-order valence-electron chi connectivity index (χ1n) is 6.54. The average molecular weight is 283 g/mol. The maximum absolute atomic E-state index is 12.7. The van der Waals surface area contributed by atoms with Crippen LogP contribution < -0.4 is 0 Å². The lowest BCUT2D eigenvalue weighted by Crippen LogP contribution is -2.47. The van der Waals surface area contributed by atoms with Crippen molar-refractivity contribution >= 4 is 10.0 Å². The summed E-state index contributed by atoms with van der Waals surface area (Å²) < 4.78 is 32.4. The minimum atomic E-state index is -3.51. The Balaban J connectivity index is 2.41. The first-order chi connectivity index (χ1) is 8.79. The van der Waals surface area contributed by atoms with Crippen molar-refractivity contribution in [1.82, 2.24) is 4.31 Å². The SMILES string of the molecule is CCc1ccc(S(=O)(=O)N2C(C)OCC2(C)C)cc1. The molecule has 0 aromatic heterocycles. The van der Waals surface area contributed by atoms with Crippen LogP contribution >= 0.6 is 0 Å². The highest BCUT2D eigenvalue weighted by Gasteiger charge is 2.46. The van der Waals surface area contributed by atoms with Gasteiger partial charge in [-0.05, 0) is 44.9 Å². The topological polar surface area (TPSA) is 46.6 Å². The molecule has 1 saturated heterocycles. The number of aryl methyl sites for hydroxylation is 1. The zero-order valence-corrected chi connectivity index (χ0v) is 12.7.